The van der Waals surface area contributed by atoms with E-state index in [-0.39, 0.29) is 24.2 Å². The highest BCUT2D eigenvalue weighted by Crippen LogP contribution is 2.22. The quantitative estimate of drug-likeness (QED) is 0.801. The second kappa shape index (κ2) is 9.47. The Morgan fingerprint density at radius 2 is 1.61 bits per heavy atom. The van der Waals surface area contributed by atoms with Gasteiger partial charge in [-0.15, -0.1) is 0 Å². The number of carbonyl (C=O) groups excluding carboxylic acids is 2. The number of halogens is 1. The predicted octanol–water partition coefficient (Wildman–Crippen LogP) is 3.13. The molecule has 6 nitrogen and oxygen atoms in total. The third-order valence-corrected chi connectivity index (χ3v) is 6.07. The number of benzene rings is 2. The summed E-state index contributed by atoms with van der Waals surface area (Å²) in [5.41, 5.74) is 2.89. The van der Waals surface area contributed by atoms with Gasteiger partial charge in [-0.2, -0.15) is 0 Å². The highest BCUT2D eigenvalue weighted by molar-refractivity contribution is 5.94. The van der Waals surface area contributed by atoms with E-state index in [1.807, 2.05) is 17.0 Å². The summed E-state index contributed by atoms with van der Waals surface area (Å²) in [5, 5.41) is 2.96. The molecule has 2 aliphatic heterocycles. The minimum absolute atomic E-state index is 0.0608. The summed E-state index contributed by atoms with van der Waals surface area (Å²) in [6.45, 7) is 6.42. The van der Waals surface area contributed by atoms with Crippen molar-refractivity contribution in [2.45, 2.75) is 19.8 Å². The summed E-state index contributed by atoms with van der Waals surface area (Å²) in [6.07, 6.45) is 2.47. The fourth-order valence-corrected chi connectivity index (χ4v) is 4.15. The SMILES string of the molecule is Cc1ccc(C(=O)N2CCN(CC(=O)Nc3ccc(N4CCCC4)cc3)CC2)cc1F. The lowest BCUT2D eigenvalue weighted by Gasteiger charge is -2.34. The number of nitrogens with zero attached hydrogens (tertiary/aromatic N) is 3. The molecule has 4 rings (SSSR count). The van der Waals surface area contributed by atoms with Gasteiger partial charge in [-0.25, -0.2) is 4.39 Å². The van der Waals surface area contributed by atoms with Gasteiger partial charge in [0, 0.05) is 56.2 Å². The maximum absolute atomic E-state index is 13.8. The van der Waals surface area contributed by atoms with Crippen LogP contribution in [0.25, 0.3) is 0 Å². The Kier molecular flexibility index (Phi) is 6.51. The summed E-state index contributed by atoms with van der Waals surface area (Å²) < 4.78 is 13.8. The molecule has 164 valence electrons. The molecule has 2 aromatic rings. The van der Waals surface area contributed by atoms with Gasteiger partial charge in [-0.3, -0.25) is 14.5 Å². The van der Waals surface area contributed by atoms with Crippen molar-refractivity contribution in [1.82, 2.24) is 9.80 Å². The van der Waals surface area contributed by atoms with Crippen molar-refractivity contribution >= 4 is 23.2 Å². The molecule has 2 saturated heterocycles. The van der Waals surface area contributed by atoms with Crippen molar-refractivity contribution in [2.24, 2.45) is 0 Å². The van der Waals surface area contributed by atoms with E-state index in [0.29, 0.717) is 37.3 Å². The summed E-state index contributed by atoms with van der Waals surface area (Å²) in [6, 6.07) is 12.6. The zero-order valence-electron chi connectivity index (χ0n) is 17.9. The van der Waals surface area contributed by atoms with Crippen LogP contribution in [0, 0.1) is 12.7 Å². The summed E-state index contributed by atoms with van der Waals surface area (Å²) in [5.74, 6) is -0.593. The zero-order valence-corrected chi connectivity index (χ0v) is 17.9. The van der Waals surface area contributed by atoms with Crippen LogP contribution in [0.2, 0.25) is 0 Å². The topological polar surface area (TPSA) is 55.9 Å². The fourth-order valence-electron chi connectivity index (χ4n) is 4.15. The number of aryl methyl sites for hydroxylation is 1. The molecular formula is C24H29FN4O2. The van der Waals surface area contributed by atoms with Crippen molar-refractivity contribution in [1.29, 1.82) is 0 Å². The molecule has 0 aromatic heterocycles. The Labute approximate surface area is 182 Å². The van der Waals surface area contributed by atoms with Crippen LogP contribution in [0.15, 0.2) is 42.5 Å². The van der Waals surface area contributed by atoms with Gasteiger partial charge in [0.25, 0.3) is 5.91 Å². The van der Waals surface area contributed by atoms with Crippen molar-refractivity contribution < 1.29 is 14.0 Å². The largest absolute Gasteiger partial charge is 0.372 e. The smallest absolute Gasteiger partial charge is 0.254 e. The lowest BCUT2D eigenvalue weighted by molar-refractivity contribution is -0.117. The van der Waals surface area contributed by atoms with E-state index in [4.69, 9.17) is 0 Å². The molecular weight excluding hydrogens is 395 g/mol. The van der Waals surface area contributed by atoms with Gasteiger partial charge in [0.1, 0.15) is 5.82 Å². The van der Waals surface area contributed by atoms with Gasteiger partial charge in [0.15, 0.2) is 0 Å². The second-order valence-corrected chi connectivity index (χ2v) is 8.32. The van der Waals surface area contributed by atoms with E-state index >= 15 is 0 Å². The molecule has 2 heterocycles. The molecule has 1 N–H and O–H groups in total. The first-order chi connectivity index (χ1) is 15.0. The van der Waals surface area contributed by atoms with Gasteiger partial charge >= 0.3 is 0 Å². The molecule has 0 aliphatic carbocycles. The van der Waals surface area contributed by atoms with E-state index in [9.17, 15) is 14.0 Å². The molecule has 2 fully saturated rings. The van der Waals surface area contributed by atoms with Gasteiger partial charge in [-0.05, 0) is 61.7 Å². The first-order valence-electron chi connectivity index (χ1n) is 10.9. The molecule has 2 aromatic carbocycles. The van der Waals surface area contributed by atoms with Crippen LogP contribution in [-0.2, 0) is 4.79 Å². The van der Waals surface area contributed by atoms with E-state index in [1.54, 1.807) is 24.0 Å². The third-order valence-electron chi connectivity index (χ3n) is 6.07. The summed E-state index contributed by atoms with van der Waals surface area (Å²) >= 11 is 0. The summed E-state index contributed by atoms with van der Waals surface area (Å²) in [7, 11) is 0. The maximum Gasteiger partial charge on any atom is 0.254 e. The number of rotatable bonds is 5. The Bertz CT molecular complexity index is 933. The third kappa shape index (κ3) is 5.22. The number of hydrogen-bond acceptors (Lipinski definition) is 4. The van der Waals surface area contributed by atoms with Crippen LogP contribution in [0.5, 0.6) is 0 Å². The first-order valence-corrected chi connectivity index (χ1v) is 10.9. The Balaban J connectivity index is 1.24. The average molecular weight is 425 g/mol. The molecule has 0 saturated carbocycles. The Morgan fingerprint density at radius 1 is 0.935 bits per heavy atom. The monoisotopic (exact) mass is 424 g/mol. The lowest BCUT2D eigenvalue weighted by atomic mass is 10.1. The molecule has 0 unspecified atom stereocenters. The number of anilines is 2. The van der Waals surface area contributed by atoms with E-state index in [0.717, 1.165) is 18.8 Å². The van der Waals surface area contributed by atoms with Crippen LogP contribution < -0.4 is 10.2 Å². The highest BCUT2D eigenvalue weighted by atomic mass is 19.1. The van der Waals surface area contributed by atoms with E-state index in [2.05, 4.69) is 22.3 Å². The minimum Gasteiger partial charge on any atom is -0.372 e. The molecule has 0 spiro atoms. The Morgan fingerprint density at radius 3 is 2.26 bits per heavy atom. The first kappa shape index (κ1) is 21.3. The fraction of sp³-hybridized carbons (Fsp3) is 0.417. The number of hydrogen-bond donors (Lipinski definition) is 1. The molecule has 2 aliphatic rings. The van der Waals surface area contributed by atoms with Crippen molar-refractivity contribution in [3.05, 3.63) is 59.4 Å². The molecule has 0 radical (unpaired) electrons. The zero-order chi connectivity index (χ0) is 21.8. The number of piperazine rings is 1. The number of carbonyl (C=O) groups is 2. The maximum atomic E-state index is 13.8. The van der Waals surface area contributed by atoms with Crippen molar-refractivity contribution in [3.63, 3.8) is 0 Å². The van der Waals surface area contributed by atoms with Gasteiger partial charge in [-0.1, -0.05) is 6.07 Å². The van der Waals surface area contributed by atoms with Crippen LogP contribution in [0.3, 0.4) is 0 Å². The number of amides is 2. The molecule has 31 heavy (non-hydrogen) atoms. The lowest BCUT2D eigenvalue weighted by Crippen LogP contribution is -2.50. The summed E-state index contributed by atoms with van der Waals surface area (Å²) in [4.78, 5) is 31.2. The van der Waals surface area contributed by atoms with Gasteiger partial charge in [0.05, 0.1) is 6.54 Å². The van der Waals surface area contributed by atoms with Crippen LogP contribution in [-0.4, -0.2) is 67.4 Å². The second-order valence-electron chi connectivity index (χ2n) is 8.32. The molecule has 7 heteroatoms. The number of nitrogens with one attached hydrogen (secondary N) is 1. The van der Waals surface area contributed by atoms with Gasteiger partial charge in [0.2, 0.25) is 5.91 Å². The molecule has 2 amide bonds. The molecule has 0 bridgehead atoms. The highest BCUT2D eigenvalue weighted by Gasteiger charge is 2.24. The van der Waals surface area contributed by atoms with Gasteiger partial charge < -0.3 is 15.1 Å². The van der Waals surface area contributed by atoms with E-state index < -0.39 is 0 Å². The molecule has 0 atom stereocenters. The average Bonchev–Trinajstić information content (AvgIpc) is 3.31. The van der Waals surface area contributed by atoms with Crippen LogP contribution >= 0.6 is 0 Å². The van der Waals surface area contributed by atoms with Crippen molar-refractivity contribution in [2.75, 3.05) is 56.0 Å². The standard InChI is InChI=1S/C24H29FN4O2/c1-18-4-5-19(16-22(18)25)24(31)29-14-12-27(13-15-29)17-23(30)26-20-6-8-21(9-7-20)28-10-2-3-11-28/h4-9,16H,2-3,10-15,17H2,1H3,(H,26,30). The van der Waals surface area contributed by atoms with Crippen molar-refractivity contribution in [3.8, 4) is 0 Å². The predicted molar refractivity (Wildman–Crippen MR) is 120 cm³/mol. The van der Waals surface area contributed by atoms with E-state index in [1.165, 1.54) is 24.6 Å². The van der Waals surface area contributed by atoms with Crippen LogP contribution in [0.1, 0.15) is 28.8 Å². The Hall–Kier alpha value is -2.93. The minimum atomic E-state index is -0.366. The normalized spacial score (nSPS) is 17.1. The van der Waals surface area contributed by atoms with Crippen LogP contribution in [0.4, 0.5) is 15.8 Å².